The van der Waals surface area contributed by atoms with Gasteiger partial charge < -0.3 is 9.63 Å². The van der Waals surface area contributed by atoms with Crippen LogP contribution < -0.4 is 4.90 Å². The van der Waals surface area contributed by atoms with Gasteiger partial charge >= 0.3 is 5.91 Å². The summed E-state index contributed by atoms with van der Waals surface area (Å²) in [5.41, 5.74) is 2.10. The third-order valence-corrected chi connectivity index (χ3v) is 4.65. The summed E-state index contributed by atoms with van der Waals surface area (Å²) in [7, 11) is 0. The minimum Gasteiger partial charge on any atom is -0.507 e. The summed E-state index contributed by atoms with van der Waals surface area (Å²) in [6.07, 6.45) is 3.13. The van der Waals surface area contributed by atoms with E-state index in [4.69, 9.17) is 4.52 Å². The van der Waals surface area contributed by atoms with Gasteiger partial charge in [0.1, 0.15) is 11.5 Å². The number of aryl methyl sites for hydroxylation is 2. The summed E-state index contributed by atoms with van der Waals surface area (Å²) in [5.74, 6) is -1.07. The smallest absolute Gasteiger partial charge is 0.301 e. The lowest BCUT2D eigenvalue weighted by Crippen LogP contribution is -2.29. The number of carbonyl (C=O) groups excluding carboxylic acids is 2. The number of Topliss-reactive ketones (excluding diaryl/α,β-unsaturated/α-hetero) is 1. The standard InChI is InChI=1S/C21H17N3O4/c1-12-3-5-15(6-4-12)19(25)17-18(14-7-9-22-10-8-14)24(21(27)20(17)26)16-11-13(2)28-23-16/h3-11,18,25H,1-2H3. The number of pyridine rings is 1. The summed E-state index contributed by atoms with van der Waals surface area (Å²) < 4.78 is 5.09. The van der Waals surface area contributed by atoms with E-state index in [9.17, 15) is 14.7 Å². The van der Waals surface area contributed by atoms with Crippen LogP contribution in [0.5, 0.6) is 0 Å². The number of nitrogens with zero attached hydrogens (tertiary/aromatic N) is 3. The SMILES string of the molecule is Cc1ccc(C(O)=C2C(=O)C(=O)N(c3cc(C)on3)C2c2ccncc2)cc1. The van der Waals surface area contributed by atoms with Gasteiger partial charge in [-0.15, -0.1) is 0 Å². The molecule has 140 valence electrons. The zero-order chi connectivity index (χ0) is 19.8. The van der Waals surface area contributed by atoms with Crippen molar-refractivity contribution in [1.82, 2.24) is 10.1 Å². The van der Waals surface area contributed by atoms with Crippen LogP contribution in [0.25, 0.3) is 5.76 Å². The average Bonchev–Trinajstić information content (AvgIpc) is 3.24. The average molecular weight is 375 g/mol. The van der Waals surface area contributed by atoms with Crippen molar-refractivity contribution in [2.75, 3.05) is 4.90 Å². The molecule has 0 bridgehead atoms. The molecule has 1 aromatic carbocycles. The highest BCUT2D eigenvalue weighted by Crippen LogP contribution is 2.41. The fraction of sp³-hybridized carbons (Fsp3) is 0.143. The molecule has 0 saturated carbocycles. The van der Waals surface area contributed by atoms with Crippen molar-refractivity contribution in [2.24, 2.45) is 0 Å². The summed E-state index contributed by atoms with van der Waals surface area (Å²) in [4.78, 5) is 30.9. The lowest BCUT2D eigenvalue weighted by Gasteiger charge is -2.22. The van der Waals surface area contributed by atoms with Gasteiger partial charge in [0.05, 0.1) is 11.6 Å². The van der Waals surface area contributed by atoms with Crippen LogP contribution in [0.4, 0.5) is 5.82 Å². The first kappa shape index (κ1) is 17.7. The van der Waals surface area contributed by atoms with Gasteiger partial charge in [-0.1, -0.05) is 35.0 Å². The van der Waals surface area contributed by atoms with Crippen molar-refractivity contribution >= 4 is 23.3 Å². The normalized spacial score (nSPS) is 18.6. The number of aliphatic hydroxyl groups excluding tert-OH is 1. The number of anilines is 1. The molecular weight excluding hydrogens is 358 g/mol. The van der Waals surface area contributed by atoms with Gasteiger partial charge in [-0.3, -0.25) is 19.5 Å². The molecule has 0 spiro atoms. The first-order chi connectivity index (χ1) is 13.5. The van der Waals surface area contributed by atoms with Crippen LogP contribution in [0, 0.1) is 13.8 Å². The molecule has 1 atom stereocenters. The fourth-order valence-corrected chi connectivity index (χ4v) is 3.26. The van der Waals surface area contributed by atoms with Crippen LogP contribution in [0.3, 0.4) is 0 Å². The maximum absolute atomic E-state index is 12.9. The van der Waals surface area contributed by atoms with E-state index in [0.29, 0.717) is 16.9 Å². The van der Waals surface area contributed by atoms with E-state index in [1.807, 2.05) is 19.1 Å². The Morgan fingerprint density at radius 2 is 1.75 bits per heavy atom. The highest BCUT2D eigenvalue weighted by molar-refractivity contribution is 6.51. The summed E-state index contributed by atoms with van der Waals surface area (Å²) in [6, 6.07) is 11.2. The number of amides is 1. The molecule has 1 unspecified atom stereocenters. The van der Waals surface area contributed by atoms with E-state index in [2.05, 4.69) is 10.1 Å². The molecule has 28 heavy (non-hydrogen) atoms. The Labute approximate surface area is 160 Å². The molecule has 1 aliphatic rings. The second kappa shape index (κ2) is 6.77. The molecule has 1 aliphatic heterocycles. The second-order valence-electron chi connectivity index (χ2n) is 6.61. The lowest BCUT2D eigenvalue weighted by atomic mass is 9.95. The lowest BCUT2D eigenvalue weighted by molar-refractivity contribution is -0.132. The molecule has 7 heteroatoms. The van der Waals surface area contributed by atoms with Gasteiger partial charge in [-0.25, -0.2) is 0 Å². The Morgan fingerprint density at radius 3 is 2.36 bits per heavy atom. The Kier molecular flexibility index (Phi) is 4.27. The molecule has 1 fully saturated rings. The summed E-state index contributed by atoms with van der Waals surface area (Å²) >= 11 is 0. The van der Waals surface area contributed by atoms with Crippen molar-refractivity contribution in [1.29, 1.82) is 0 Å². The van der Waals surface area contributed by atoms with Crippen LogP contribution >= 0.6 is 0 Å². The van der Waals surface area contributed by atoms with E-state index in [-0.39, 0.29) is 17.2 Å². The van der Waals surface area contributed by atoms with Crippen LogP contribution in [0.1, 0.15) is 28.5 Å². The van der Waals surface area contributed by atoms with Gasteiger partial charge in [0.25, 0.3) is 5.78 Å². The predicted octanol–water partition coefficient (Wildman–Crippen LogP) is 3.31. The molecule has 0 aliphatic carbocycles. The van der Waals surface area contributed by atoms with E-state index in [1.54, 1.807) is 49.6 Å². The van der Waals surface area contributed by atoms with Gasteiger partial charge in [-0.2, -0.15) is 0 Å². The number of hydrogen-bond donors (Lipinski definition) is 1. The zero-order valence-electron chi connectivity index (χ0n) is 15.3. The quantitative estimate of drug-likeness (QED) is 0.429. The first-order valence-electron chi connectivity index (χ1n) is 8.68. The summed E-state index contributed by atoms with van der Waals surface area (Å²) in [5, 5.41) is 14.8. The number of rotatable bonds is 3. The van der Waals surface area contributed by atoms with Gasteiger partial charge in [0.2, 0.25) is 0 Å². The van der Waals surface area contributed by atoms with Gasteiger partial charge in [0, 0.05) is 24.0 Å². The van der Waals surface area contributed by atoms with Crippen LogP contribution in [0.15, 0.2) is 65.0 Å². The molecule has 3 aromatic rings. The van der Waals surface area contributed by atoms with Crippen LogP contribution in [-0.4, -0.2) is 26.9 Å². The molecular formula is C21H17N3O4. The van der Waals surface area contributed by atoms with Crippen molar-refractivity contribution in [2.45, 2.75) is 19.9 Å². The molecule has 3 heterocycles. The first-order valence-corrected chi connectivity index (χ1v) is 8.68. The Balaban J connectivity index is 1.93. The zero-order valence-corrected chi connectivity index (χ0v) is 15.3. The van der Waals surface area contributed by atoms with Crippen molar-refractivity contribution in [3.8, 4) is 0 Å². The highest BCUT2D eigenvalue weighted by atomic mass is 16.5. The maximum Gasteiger partial charge on any atom is 0.301 e. The Bertz CT molecular complexity index is 1080. The van der Waals surface area contributed by atoms with Crippen LogP contribution in [0.2, 0.25) is 0 Å². The minimum absolute atomic E-state index is 0.000654. The van der Waals surface area contributed by atoms with Crippen LogP contribution in [-0.2, 0) is 9.59 Å². The number of benzene rings is 1. The largest absolute Gasteiger partial charge is 0.507 e. The Hall–Kier alpha value is -3.74. The van der Waals surface area contributed by atoms with Crippen molar-refractivity contribution < 1.29 is 19.2 Å². The topological polar surface area (TPSA) is 96.5 Å². The third-order valence-electron chi connectivity index (χ3n) is 4.65. The monoisotopic (exact) mass is 375 g/mol. The molecule has 7 nitrogen and oxygen atoms in total. The molecule has 1 amide bonds. The number of aliphatic hydroxyl groups is 1. The van der Waals surface area contributed by atoms with E-state index >= 15 is 0 Å². The van der Waals surface area contributed by atoms with Crippen molar-refractivity contribution in [3.05, 3.63) is 82.9 Å². The van der Waals surface area contributed by atoms with E-state index in [0.717, 1.165) is 5.56 Å². The summed E-state index contributed by atoms with van der Waals surface area (Å²) in [6.45, 7) is 3.62. The number of aromatic nitrogens is 2. The second-order valence-corrected chi connectivity index (χ2v) is 6.61. The number of carbonyl (C=O) groups is 2. The van der Waals surface area contributed by atoms with E-state index in [1.165, 1.54) is 4.90 Å². The third kappa shape index (κ3) is 2.87. The minimum atomic E-state index is -0.839. The fourth-order valence-electron chi connectivity index (χ4n) is 3.26. The molecule has 1 saturated heterocycles. The number of hydrogen-bond acceptors (Lipinski definition) is 6. The number of ketones is 1. The molecule has 0 radical (unpaired) electrons. The predicted molar refractivity (Wildman–Crippen MR) is 101 cm³/mol. The maximum atomic E-state index is 12.9. The van der Waals surface area contributed by atoms with Crippen molar-refractivity contribution in [3.63, 3.8) is 0 Å². The van der Waals surface area contributed by atoms with Gasteiger partial charge in [-0.05, 0) is 31.5 Å². The molecule has 1 N–H and O–H groups in total. The molecule has 4 rings (SSSR count). The van der Waals surface area contributed by atoms with E-state index < -0.39 is 17.7 Å². The van der Waals surface area contributed by atoms with Gasteiger partial charge in [0.15, 0.2) is 5.82 Å². The highest BCUT2D eigenvalue weighted by Gasteiger charge is 2.48. The Morgan fingerprint density at radius 1 is 1.07 bits per heavy atom. The molecule has 2 aromatic heterocycles.